The first kappa shape index (κ1) is 28.2. The molecule has 0 saturated carbocycles. The molecule has 0 fully saturated rings. The van der Waals surface area contributed by atoms with Crippen LogP contribution in [0.1, 0.15) is 55.6 Å². The Balaban J connectivity index is 1.80. The molecule has 2 amide bonds. The molecule has 3 aromatic rings. The second-order valence-electron chi connectivity index (χ2n) is 9.87. The number of nitrogens with one attached hydrogen (secondary N) is 2. The number of phenolic OH excluding ortho intramolecular Hbond substituents is 1. The van der Waals surface area contributed by atoms with Gasteiger partial charge in [0.25, 0.3) is 5.91 Å². The smallest absolute Gasteiger partial charge is 0.255 e. The largest absolute Gasteiger partial charge is 0.506 e. The highest BCUT2D eigenvalue weighted by Crippen LogP contribution is 2.35. The van der Waals surface area contributed by atoms with E-state index in [1.807, 2.05) is 27.7 Å². The molecule has 3 rings (SSSR count). The van der Waals surface area contributed by atoms with Crippen LogP contribution >= 0.6 is 11.6 Å². The normalized spacial score (nSPS) is 12.6. The lowest BCUT2D eigenvalue weighted by Crippen LogP contribution is -2.34. The second kappa shape index (κ2) is 10.9. The molecular weight excluding hydrogens is 512 g/mol. The highest BCUT2D eigenvalue weighted by atomic mass is 35.5. The predicted molar refractivity (Wildman–Crippen MR) is 147 cm³/mol. The summed E-state index contributed by atoms with van der Waals surface area (Å²) in [5.41, 5.74) is 2.29. The van der Waals surface area contributed by atoms with Gasteiger partial charge in [0.05, 0.1) is 21.3 Å². The Hall–Kier alpha value is -3.36. The summed E-state index contributed by atoms with van der Waals surface area (Å²) in [6, 6.07) is 15.9. The summed E-state index contributed by atoms with van der Waals surface area (Å²) in [5, 5.41) is 14.2. The third kappa shape index (κ3) is 6.50. The van der Waals surface area contributed by atoms with Crippen molar-refractivity contribution < 1.29 is 23.1 Å². The van der Waals surface area contributed by atoms with E-state index in [2.05, 4.69) is 10.6 Å². The Labute approximate surface area is 222 Å². The molecule has 0 aromatic heterocycles. The molecule has 9 heteroatoms. The average molecular weight is 543 g/mol. The van der Waals surface area contributed by atoms with Gasteiger partial charge in [0.15, 0.2) is 9.84 Å². The molecule has 0 spiro atoms. The molecule has 1 atom stereocenters. The quantitative estimate of drug-likeness (QED) is 0.312. The van der Waals surface area contributed by atoms with Gasteiger partial charge in [-0.15, -0.1) is 0 Å². The molecular formula is C28H31ClN2O5S. The zero-order valence-corrected chi connectivity index (χ0v) is 23.0. The van der Waals surface area contributed by atoms with Crippen LogP contribution < -0.4 is 10.6 Å². The van der Waals surface area contributed by atoms with Crippen LogP contribution in [0.15, 0.2) is 65.6 Å². The lowest BCUT2D eigenvalue weighted by molar-refractivity contribution is -0.115. The van der Waals surface area contributed by atoms with Crippen molar-refractivity contribution in [1.82, 2.24) is 0 Å². The van der Waals surface area contributed by atoms with Crippen molar-refractivity contribution in [3.63, 3.8) is 0 Å². The average Bonchev–Trinajstić information content (AvgIpc) is 2.82. The van der Waals surface area contributed by atoms with Gasteiger partial charge in [-0.1, -0.05) is 69.1 Å². The summed E-state index contributed by atoms with van der Waals surface area (Å²) < 4.78 is 26.5. The number of hydrogen-bond donors (Lipinski definition) is 3. The van der Waals surface area contributed by atoms with Crippen LogP contribution in [-0.4, -0.2) is 30.6 Å². The molecule has 0 aliphatic heterocycles. The number of anilines is 2. The zero-order chi connectivity index (χ0) is 27.5. The molecule has 1 unspecified atom stereocenters. The van der Waals surface area contributed by atoms with Crippen LogP contribution in [0.5, 0.6) is 5.75 Å². The number of halogens is 1. The van der Waals surface area contributed by atoms with E-state index < -0.39 is 26.9 Å². The molecule has 0 aliphatic carbocycles. The van der Waals surface area contributed by atoms with E-state index in [-0.39, 0.29) is 38.9 Å². The summed E-state index contributed by atoms with van der Waals surface area (Å²) in [5.74, 6) is -1.56. The Morgan fingerprint density at radius 3 is 2.08 bits per heavy atom. The van der Waals surface area contributed by atoms with Crippen LogP contribution in [0.4, 0.5) is 11.4 Å². The number of rotatable bonds is 7. The number of amides is 2. The van der Waals surface area contributed by atoms with Gasteiger partial charge in [-0.2, -0.15) is 0 Å². The maximum absolute atomic E-state index is 13.2. The van der Waals surface area contributed by atoms with Crippen molar-refractivity contribution in [3.05, 3.63) is 82.4 Å². The van der Waals surface area contributed by atoms with Crippen LogP contribution in [0.3, 0.4) is 0 Å². The van der Waals surface area contributed by atoms with E-state index in [9.17, 15) is 23.1 Å². The minimum atomic E-state index is -3.99. The Bertz CT molecular complexity index is 1410. The van der Waals surface area contributed by atoms with E-state index in [1.165, 1.54) is 24.3 Å². The van der Waals surface area contributed by atoms with Gasteiger partial charge in [0, 0.05) is 11.6 Å². The maximum atomic E-state index is 13.2. The number of phenols is 1. The number of sulfone groups is 1. The van der Waals surface area contributed by atoms with E-state index in [1.54, 1.807) is 43.3 Å². The minimum absolute atomic E-state index is 0.0205. The van der Waals surface area contributed by atoms with Crippen molar-refractivity contribution in [2.24, 2.45) is 0 Å². The molecule has 0 saturated heterocycles. The van der Waals surface area contributed by atoms with Gasteiger partial charge in [-0.05, 0) is 54.7 Å². The number of carbonyl (C=O) groups excluding carboxylic acids is 2. The zero-order valence-electron chi connectivity index (χ0n) is 21.4. The molecule has 3 aromatic carbocycles. The third-order valence-electron chi connectivity index (χ3n) is 5.99. The summed E-state index contributed by atoms with van der Waals surface area (Å²) in [4.78, 5) is 25.6. The molecule has 0 radical (unpaired) electrons. The Morgan fingerprint density at radius 1 is 0.946 bits per heavy atom. The molecule has 196 valence electrons. The van der Waals surface area contributed by atoms with E-state index in [0.717, 1.165) is 11.1 Å². The van der Waals surface area contributed by atoms with E-state index in [4.69, 9.17) is 11.6 Å². The topological polar surface area (TPSA) is 113 Å². The fourth-order valence-electron chi connectivity index (χ4n) is 3.72. The van der Waals surface area contributed by atoms with E-state index in [0.29, 0.717) is 5.56 Å². The first-order valence-electron chi connectivity index (χ1n) is 11.8. The van der Waals surface area contributed by atoms with Gasteiger partial charge in [0.1, 0.15) is 11.0 Å². The van der Waals surface area contributed by atoms with Gasteiger partial charge in [-0.3, -0.25) is 9.59 Å². The fraction of sp³-hybridized carbons (Fsp3) is 0.286. The van der Waals surface area contributed by atoms with Crippen LogP contribution in [0.2, 0.25) is 5.02 Å². The van der Waals surface area contributed by atoms with Gasteiger partial charge < -0.3 is 15.7 Å². The monoisotopic (exact) mass is 542 g/mol. The first-order chi connectivity index (χ1) is 17.2. The number of aryl methyl sites for hydroxylation is 1. The highest BCUT2D eigenvalue weighted by Gasteiger charge is 2.33. The lowest BCUT2D eigenvalue weighted by Gasteiger charge is -2.20. The maximum Gasteiger partial charge on any atom is 0.255 e. The number of hydrogen-bond acceptors (Lipinski definition) is 5. The number of aromatic hydroxyl groups is 1. The van der Waals surface area contributed by atoms with Crippen molar-refractivity contribution in [3.8, 4) is 5.75 Å². The van der Waals surface area contributed by atoms with Gasteiger partial charge in [-0.25, -0.2) is 8.42 Å². The molecule has 0 heterocycles. The van der Waals surface area contributed by atoms with Crippen LogP contribution in [0.25, 0.3) is 0 Å². The van der Waals surface area contributed by atoms with Crippen molar-refractivity contribution in [2.45, 2.75) is 56.6 Å². The lowest BCUT2D eigenvalue weighted by atomic mass is 9.87. The number of benzene rings is 3. The van der Waals surface area contributed by atoms with Crippen molar-refractivity contribution in [1.29, 1.82) is 0 Å². The molecule has 7 nitrogen and oxygen atoms in total. The summed E-state index contributed by atoms with van der Waals surface area (Å²) in [6.07, 6.45) is 0.0312. The summed E-state index contributed by atoms with van der Waals surface area (Å²) in [6.45, 7) is 9.58. The molecule has 0 aliphatic rings. The first-order valence-corrected chi connectivity index (χ1v) is 13.7. The number of carbonyl (C=O) groups is 2. The SMILES string of the molecule is CCC(C(=O)Nc1cc(O)c(NC(=O)c2ccc(C)cc2)cc1Cl)S(=O)(=O)c1ccc(C(C)(C)C)cc1. The summed E-state index contributed by atoms with van der Waals surface area (Å²) in [7, 11) is -3.99. The van der Waals surface area contributed by atoms with E-state index >= 15 is 0 Å². The fourth-order valence-corrected chi connectivity index (χ4v) is 5.56. The standard InChI is InChI=1S/C28H31ClN2O5S/c1-6-25(37(35,36)20-13-11-19(12-14-20)28(3,4)5)27(34)30-22-16-24(32)23(15-21(22)29)31-26(33)18-9-7-17(2)8-10-18/h7-16,25,32H,6H2,1-5H3,(H,30,34)(H,31,33). The minimum Gasteiger partial charge on any atom is -0.506 e. The van der Waals surface area contributed by atoms with Crippen molar-refractivity contribution in [2.75, 3.05) is 10.6 Å². The highest BCUT2D eigenvalue weighted by molar-refractivity contribution is 7.92. The second-order valence-corrected chi connectivity index (χ2v) is 12.4. The molecule has 0 bridgehead atoms. The third-order valence-corrected chi connectivity index (χ3v) is 8.53. The van der Waals surface area contributed by atoms with Crippen molar-refractivity contribution >= 4 is 44.6 Å². The molecule has 3 N–H and O–H groups in total. The summed E-state index contributed by atoms with van der Waals surface area (Å²) >= 11 is 6.31. The van der Waals surface area contributed by atoms with Gasteiger partial charge >= 0.3 is 0 Å². The Kier molecular flexibility index (Phi) is 8.35. The predicted octanol–water partition coefficient (Wildman–Crippen LogP) is 6.09. The van der Waals surface area contributed by atoms with Gasteiger partial charge in [0.2, 0.25) is 5.91 Å². The molecule has 37 heavy (non-hydrogen) atoms. The van der Waals surface area contributed by atoms with Crippen LogP contribution in [0, 0.1) is 6.92 Å². The Morgan fingerprint density at radius 2 is 1.54 bits per heavy atom. The van der Waals surface area contributed by atoms with Crippen LogP contribution in [-0.2, 0) is 20.0 Å².